The van der Waals surface area contributed by atoms with Gasteiger partial charge < -0.3 is 10.3 Å². The van der Waals surface area contributed by atoms with Crippen molar-refractivity contribution in [1.29, 1.82) is 0 Å². The van der Waals surface area contributed by atoms with Gasteiger partial charge in [-0.25, -0.2) is 4.98 Å². The number of rotatable bonds is 3. The Labute approximate surface area is 116 Å². The van der Waals surface area contributed by atoms with Gasteiger partial charge in [0, 0.05) is 51.1 Å². The summed E-state index contributed by atoms with van der Waals surface area (Å²) in [7, 11) is 1.85. The highest BCUT2D eigenvalue weighted by molar-refractivity contribution is 5.56. The lowest BCUT2D eigenvalue weighted by Gasteiger charge is -2.26. The lowest BCUT2D eigenvalue weighted by molar-refractivity contribution is 0.228. The van der Waals surface area contributed by atoms with Crippen LogP contribution in [0, 0.1) is 0 Å². The Hall–Kier alpha value is -1.99. The van der Waals surface area contributed by atoms with Gasteiger partial charge in [-0.05, 0) is 0 Å². The molecule has 1 saturated heterocycles. The largest absolute Gasteiger partial charge is 0.314 e. The van der Waals surface area contributed by atoms with Crippen LogP contribution in [0.4, 0.5) is 0 Å². The van der Waals surface area contributed by atoms with Crippen LogP contribution in [0.2, 0.25) is 0 Å². The van der Waals surface area contributed by atoms with Crippen molar-refractivity contribution in [3.63, 3.8) is 0 Å². The zero-order chi connectivity index (χ0) is 13.9. The van der Waals surface area contributed by atoms with Crippen molar-refractivity contribution in [3.05, 3.63) is 34.6 Å². The van der Waals surface area contributed by atoms with Crippen LogP contribution in [0.25, 0.3) is 11.3 Å². The average molecular weight is 274 g/mol. The molecule has 3 heterocycles. The van der Waals surface area contributed by atoms with Gasteiger partial charge in [-0.3, -0.25) is 14.4 Å². The molecule has 1 aliphatic heterocycles. The first kappa shape index (κ1) is 13.0. The Kier molecular flexibility index (Phi) is 3.62. The van der Waals surface area contributed by atoms with E-state index in [1.54, 1.807) is 10.9 Å². The van der Waals surface area contributed by atoms with Crippen molar-refractivity contribution < 1.29 is 0 Å². The predicted molar refractivity (Wildman–Crippen MR) is 75.2 cm³/mol. The van der Waals surface area contributed by atoms with Crippen molar-refractivity contribution >= 4 is 0 Å². The number of hydrogen-bond donors (Lipinski definition) is 2. The first-order chi connectivity index (χ1) is 9.70. The smallest absolute Gasteiger partial charge is 0.251 e. The fourth-order valence-corrected chi connectivity index (χ4v) is 2.37. The van der Waals surface area contributed by atoms with Gasteiger partial charge in [-0.15, -0.1) is 0 Å². The molecule has 0 amide bonds. The number of H-pyrrole nitrogens is 1. The molecule has 2 aromatic heterocycles. The van der Waals surface area contributed by atoms with Gasteiger partial charge in [0.15, 0.2) is 0 Å². The summed E-state index contributed by atoms with van der Waals surface area (Å²) in [6, 6.07) is 1.51. The van der Waals surface area contributed by atoms with Crippen LogP contribution < -0.4 is 10.9 Å². The molecule has 0 saturated carbocycles. The summed E-state index contributed by atoms with van der Waals surface area (Å²) in [5.74, 6) is 0.707. The minimum absolute atomic E-state index is 0.121. The molecule has 3 rings (SSSR count). The molecule has 7 heteroatoms. The summed E-state index contributed by atoms with van der Waals surface area (Å²) < 4.78 is 1.70. The van der Waals surface area contributed by atoms with E-state index in [1.807, 2.05) is 13.2 Å². The van der Waals surface area contributed by atoms with Crippen molar-refractivity contribution in [2.75, 3.05) is 26.2 Å². The second kappa shape index (κ2) is 5.56. The Morgan fingerprint density at radius 1 is 1.35 bits per heavy atom. The van der Waals surface area contributed by atoms with E-state index in [9.17, 15) is 4.79 Å². The van der Waals surface area contributed by atoms with Crippen LogP contribution in [-0.4, -0.2) is 50.8 Å². The zero-order valence-corrected chi connectivity index (χ0v) is 11.5. The fraction of sp³-hybridized carbons (Fsp3) is 0.462. The first-order valence-electron chi connectivity index (χ1n) is 6.73. The second-order valence-electron chi connectivity index (χ2n) is 5.01. The minimum atomic E-state index is -0.121. The average Bonchev–Trinajstić information content (AvgIpc) is 2.86. The molecular weight excluding hydrogens is 256 g/mol. The molecule has 0 aromatic carbocycles. The third-order valence-electron chi connectivity index (χ3n) is 3.37. The first-order valence-corrected chi connectivity index (χ1v) is 6.73. The zero-order valence-electron chi connectivity index (χ0n) is 11.5. The maximum atomic E-state index is 11.8. The van der Waals surface area contributed by atoms with Crippen molar-refractivity contribution in [1.82, 2.24) is 30.0 Å². The number of hydrogen-bond acceptors (Lipinski definition) is 5. The van der Waals surface area contributed by atoms with Gasteiger partial charge in [0.25, 0.3) is 5.56 Å². The van der Waals surface area contributed by atoms with Crippen LogP contribution >= 0.6 is 0 Å². The monoisotopic (exact) mass is 274 g/mol. The molecule has 20 heavy (non-hydrogen) atoms. The quantitative estimate of drug-likeness (QED) is 0.794. The topological polar surface area (TPSA) is 78.8 Å². The fourth-order valence-electron chi connectivity index (χ4n) is 2.37. The molecule has 1 fully saturated rings. The van der Waals surface area contributed by atoms with Gasteiger partial charge in [-0.2, -0.15) is 5.10 Å². The van der Waals surface area contributed by atoms with E-state index in [0.717, 1.165) is 31.7 Å². The van der Waals surface area contributed by atoms with E-state index < -0.39 is 0 Å². The molecule has 7 nitrogen and oxygen atoms in total. The van der Waals surface area contributed by atoms with E-state index in [1.165, 1.54) is 6.07 Å². The molecule has 0 bridgehead atoms. The Morgan fingerprint density at radius 3 is 2.85 bits per heavy atom. The summed E-state index contributed by atoms with van der Waals surface area (Å²) in [6.07, 6.45) is 3.58. The van der Waals surface area contributed by atoms with E-state index in [-0.39, 0.29) is 5.56 Å². The molecule has 0 atom stereocenters. The summed E-state index contributed by atoms with van der Waals surface area (Å²) in [5.41, 5.74) is 1.41. The number of aromatic amines is 1. The molecule has 0 aliphatic carbocycles. The minimum Gasteiger partial charge on any atom is -0.314 e. The summed E-state index contributed by atoms with van der Waals surface area (Å²) >= 11 is 0. The molecule has 2 N–H and O–H groups in total. The standard InChI is InChI=1S/C13H18N6O/c1-18-8-10(7-15-18)11-6-13(20)17-12(16-11)9-19-4-2-14-3-5-19/h6-8,14H,2-5,9H2,1H3,(H,16,17,20). The van der Waals surface area contributed by atoms with Gasteiger partial charge in [0.2, 0.25) is 0 Å². The summed E-state index contributed by atoms with van der Waals surface area (Å²) in [5, 5.41) is 7.42. The molecule has 2 aromatic rings. The van der Waals surface area contributed by atoms with Gasteiger partial charge in [0.05, 0.1) is 18.4 Å². The molecule has 1 aliphatic rings. The van der Waals surface area contributed by atoms with Crippen molar-refractivity contribution in [3.8, 4) is 11.3 Å². The molecular formula is C13H18N6O. The molecule has 0 radical (unpaired) electrons. The lowest BCUT2D eigenvalue weighted by Crippen LogP contribution is -2.43. The molecule has 0 unspecified atom stereocenters. The van der Waals surface area contributed by atoms with Gasteiger partial charge in [-0.1, -0.05) is 0 Å². The van der Waals surface area contributed by atoms with Gasteiger partial charge >= 0.3 is 0 Å². The molecule has 106 valence electrons. The van der Waals surface area contributed by atoms with Crippen LogP contribution in [0.5, 0.6) is 0 Å². The SMILES string of the molecule is Cn1cc(-c2cc(=O)[nH]c(CN3CCNCC3)n2)cn1. The van der Waals surface area contributed by atoms with E-state index in [4.69, 9.17) is 0 Å². The number of nitrogens with zero attached hydrogens (tertiary/aromatic N) is 4. The summed E-state index contributed by atoms with van der Waals surface area (Å²) in [4.78, 5) is 21.4. The van der Waals surface area contributed by atoms with E-state index in [2.05, 4.69) is 25.3 Å². The van der Waals surface area contributed by atoms with Crippen molar-refractivity contribution in [2.45, 2.75) is 6.54 Å². The number of aryl methyl sites for hydroxylation is 1. The van der Waals surface area contributed by atoms with Gasteiger partial charge in [0.1, 0.15) is 5.82 Å². The third-order valence-corrected chi connectivity index (χ3v) is 3.37. The number of piperazine rings is 1. The normalized spacial score (nSPS) is 16.4. The highest BCUT2D eigenvalue weighted by Gasteiger charge is 2.12. The Balaban J connectivity index is 1.84. The maximum absolute atomic E-state index is 11.8. The van der Waals surface area contributed by atoms with E-state index >= 15 is 0 Å². The van der Waals surface area contributed by atoms with Crippen molar-refractivity contribution in [2.24, 2.45) is 7.05 Å². The second-order valence-corrected chi connectivity index (χ2v) is 5.01. The van der Waals surface area contributed by atoms with Crippen LogP contribution in [-0.2, 0) is 13.6 Å². The number of aromatic nitrogens is 4. The Morgan fingerprint density at radius 2 is 2.15 bits per heavy atom. The Bertz CT molecular complexity index is 640. The number of nitrogens with one attached hydrogen (secondary N) is 2. The predicted octanol–water partition coefficient (Wildman–Crippen LogP) is -0.424. The maximum Gasteiger partial charge on any atom is 0.251 e. The summed E-state index contributed by atoms with van der Waals surface area (Å²) in [6.45, 7) is 4.58. The highest BCUT2D eigenvalue weighted by Crippen LogP contribution is 2.13. The third kappa shape index (κ3) is 2.94. The highest BCUT2D eigenvalue weighted by atomic mass is 16.1. The van der Waals surface area contributed by atoms with Crippen LogP contribution in [0.3, 0.4) is 0 Å². The lowest BCUT2D eigenvalue weighted by atomic mass is 10.2. The van der Waals surface area contributed by atoms with Crippen LogP contribution in [0.1, 0.15) is 5.82 Å². The van der Waals surface area contributed by atoms with Crippen LogP contribution in [0.15, 0.2) is 23.3 Å². The van der Waals surface area contributed by atoms with E-state index in [0.29, 0.717) is 18.1 Å². The molecule has 0 spiro atoms.